The quantitative estimate of drug-likeness (QED) is 0.775. The average molecular weight is 390 g/mol. The second kappa shape index (κ2) is 6.75. The fourth-order valence-corrected chi connectivity index (χ4v) is 6.84. The highest BCUT2D eigenvalue weighted by Gasteiger charge is 2.61. The standard InChI is InChI=1S/C22H28ClNO3/c1-26-12-18-19(15-5-3-2-4-6-15)27-21(24-18)20(23)22(25)16-8-13-7-14(10-16)11-17(22)9-13/h2-6,13-14,16-20,25H,7-12H2,1H3/t13?,14?,16?,17?,18-,19-,20?,22?/m0/s1. The third-order valence-electron chi connectivity index (χ3n) is 7.42. The van der Waals surface area contributed by atoms with E-state index in [1.165, 1.54) is 6.42 Å². The molecular formula is C22H28ClNO3. The number of halogens is 1. The number of aliphatic imine (C=N–C) groups is 1. The van der Waals surface area contributed by atoms with Gasteiger partial charge in [-0.3, -0.25) is 0 Å². The molecule has 4 bridgehead atoms. The van der Waals surface area contributed by atoms with Gasteiger partial charge in [0, 0.05) is 7.11 Å². The van der Waals surface area contributed by atoms with Crippen molar-refractivity contribution in [2.75, 3.05) is 13.7 Å². The molecule has 3 atom stereocenters. The van der Waals surface area contributed by atoms with Crippen molar-refractivity contribution in [3.63, 3.8) is 0 Å². The van der Waals surface area contributed by atoms with Gasteiger partial charge in [0.2, 0.25) is 5.90 Å². The van der Waals surface area contributed by atoms with Crippen LogP contribution in [0, 0.1) is 23.7 Å². The molecular weight excluding hydrogens is 362 g/mol. The summed E-state index contributed by atoms with van der Waals surface area (Å²) < 4.78 is 11.7. The topological polar surface area (TPSA) is 51.0 Å². The van der Waals surface area contributed by atoms with Crippen LogP contribution < -0.4 is 0 Å². The Hall–Kier alpha value is -1.10. The van der Waals surface area contributed by atoms with E-state index in [2.05, 4.69) is 0 Å². The molecule has 0 radical (unpaired) electrons. The Morgan fingerprint density at radius 2 is 1.78 bits per heavy atom. The van der Waals surface area contributed by atoms with Crippen LogP contribution in [-0.2, 0) is 9.47 Å². The monoisotopic (exact) mass is 389 g/mol. The first-order valence-electron chi connectivity index (χ1n) is 10.2. The number of aliphatic hydroxyl groups is 1. The maximum Gasteiger partial charge on any atom is 0.206 e. The van der Waals surface area contributed by atoms with Gasteiger partial charge in [-0.1, -0.05) is 30.3 Å². The van der Waals surface area contributed by atoms with Crippen LogP contribution in [0.5, 0.6) is 0 Å². The number of methoxy groups -OCH3 is 1. The number of nitrogens with zero attached hydrogens (tertiary/aromatic N) is 1. The molecule has 4 fully saturated rings. The van der Waals surface area contributed by atoms with E-state index in [0.717, 1.165) is 43.1 Å². The first-order valence-corrected chi connectivity index (χ1v) is 10.7. The third-order valence-corrected chi connectivity index (χ3v) is 7.96. The minimum absolute atomic E-state index is 0.130. The maximum atomic E-state index is 11.8. The van der Waals surface area contributed by atoms with Crippen LogP contribution in [0.15, 0.2) is 35.3 Å². The highest BCUT2D eigenvalue weighted by Crippen LogP contribution is 2.60. The Labute approximate surface area is 165 Å². The average Bonchev–Trinajstić information content (AvgIpc) is 3.09. The van der Waals surface area contributed by atoms with Crippen LogP contribution in [0.2, 0.25) is 0 Å². The molecule has 5 heteroatoms. The van der Waals surface area contributed by atoms with E-state index in [4.69, 9.17) is 26.1 Å². The molecule has 4 saturated carbocycles. The molecule has 4 nitrogen and oxygen atoms in total. The zero-order chi connectivity index (χ0) is 18.6. The van der Waals surface area contributed by atoms with E-state index < -0.39 is 11.0 Å². The van der Waals surface area contributed by atoms with Crippen LogP contribution >= 0.6 is 11.6 Å². The molecule has 1 N–H and O–H groups in total. The molecule has 146 valence electrons. The molecule has 1 aliphatic heterocycles. The van der Waals surface area contributed by atoms with Gasteiger partial charge >= 0.3 is 0 Å². The van der Waals surface area contributed by atoms with Gasteiger partial charge in [0.15, 0.2) is 0 Å². The lowest BCUT2D eigenvalue weighted by Gasteiger charge is -2.59. The van der Waals surface area contributed by atoms with Crippen LogP contribution in [0.1, 0.15) is 43.8 Å². The molecule has 1 aromatic rings. The molecule has 27 heavy (non-hydrogen) atoms. The minimum Gasteiger partial charge on any atom is -0.469 e. The molecule has 1 unspecified atom stereocenters. The second-order valence-corrected chi connectivity index (χ2v) is 9.43. The largest absolute Gasteiger partial charge is 0.469 e. The normalized spacial score (nSPS) is 43.4. The predicted octanol–water partition coefficient (Wildman–Crippen LogP) is 3.97. The zero-order valence-electron chi connectivity index (χ0n) is 15.8. The van der Waals surface area contributed by atoms with Crippen molar-refractivity contribution >= 4 is 17.5 Å². The number of alkyl halides is 1. The Kier molecular flexibility index (Phi) is 4.49. The molecule has 5 aliphatic rings. The molecule has 1 heterocycles. The van der Waals surface area contributed by atoms with Gasteiger partial charge in [0.1, 0.15) is 17.5 Å². The number of hydrogen-bond donors (Lipinski definition) is 1. The van der Waals surface area contributed by atoms with E-state index in [0.29, 0.717) is 12.5 Å². The van der Waals surface area contributed by atoms with Gasteiger partial charge < -0.3 is 14.6 Å². The lowest BCUT2D eigenvalue weighted by Crippen LogP contribution is -2.63. The summed E-state index contributed by atoms with van der Waals surface area (Å²) in [5.41, 5.74) is 0.177. The molecule has 0 saturated heterocycles. The molecule has 4 aliphatic carbocycles. The highest BCUT2D eigenvalue weighted by atomic mass is 35.5. The summed E-state index contributed by atoms with van der Waals surface area (Å²) in [4.78, 5) is 4.79. The Morgan fingerprint density at radius 1 is 1.15 bits per heavy atom. The van der Waals surface area contributed by atoms with Crippen LogP contribution in [0.25, 0.3) is 0 Å². The second-order valence-electron chi connectivity index (χ2n) is 8.99. The van der Waals surface area contributed by atoms with Gasteiger partial charge in [0.05, 0.1) is 12.2 Å². The number of ether oxygens (including phenoxy) is 2. The van der Waals surface area contributed by atoms with E-state index in [1.54, 1.807) is 7.11 Å². The molecule has 1 aromatic carbocycles. The van der Waals surface area contributed by atoms with Crippen molar-refractivity contribution in [3.05, 3.63) is 35.9 Å². The molecule has 0 aromatic heterocycles. The Bertz CT molecular complexity index is 694. The smallest absolute Gasteiger partial charge is 0.206 e. The predicted molar refractivity (Wildman–Crippen MR) is 105 cm³/mol. The van der Waals surface area contributed by atoms with Gasteiger partial charge in [-0.25, -0.2) is 4.99 Å². The number of benzene rings is 1. The molecule has 0 spiro atoms. The molecule has 0 amide bonds. The van der Waals surface area contributed by atoms with E-state index >= 15 is 0 Å². The van der Waals surface area contributed by atoms with Crippen LogP contribution in [0.4, 0.5) is 0 Å². The third kappa shape index (κ3) is 2.83. The summed E-state index contributed by atoms with van der Waals surface area (Å²) in [6.45, 7) is 0.474. The summed E-state index contributed by atoms with van der Waals surface area (Å²) in [5.74, 6) is 2.61. The zero-order valence-corrected chi connectivity index (χ0v) is 16.5. The fourth-order valence-electron chi connectivity index (χ4n) is 6.37. The summed E-state index contributed by atoms with van der Waals surface area (Å²) in [6, 6.07) is 9.97. The van der Waals surface area contributed by atoms with Gasteiger partial charge in [-0.05, 0) is 61.3 Å². The number of rotatable bonds is 5. The summed E-state index contributed by atoms with van der Waals surface area (Å²) in [5, 5.41) is 11.2. The van der Waals surface area contributed by atoms with Crippen molar-refractivity contribution in [1.82, 2.24) is 0 Å². The van der Waals surface area contributed by atoms with Gasteiger partial charge in [0.25, 0.3) is 0 Å². The first-order chi connectivity index (χ1) is 13.1. The van der Waals surface area contributed by atoms with Gasteiger partial charge in [-0.15, -0.1) is 11.6 Å². The number of hydrogen-bond acceptors (Lipinski definition) is 4. The fraction of sp³-hybridized carbons (Fsp3) is 0.682. The van der Waals surface area contributed by atoms with E-state index in [1.807, 2.05) is 30.3 Å². The van der Waals surface area contributed by atoms with E-state index in [-0.39, 0.29) is 24.0 Å². The van der Waals surface area contributed by atoms with E-state index in [9.17, 15) is 5.11 Å². The van der Waals surface area contributed by atoms with Crippen molar-refractivity contribution in [1.29, 1.82) is 0 Å². The molecule has 6 rings (SSSR count). The van der Waals surface area contributed by atoms with Gasteiger partial charge in [-0.2, -0.15) is 0 Å². The SMILES string of the molecule is COC[C@@H]1N=C(C(Cl)C2(O)C3CC4CC(C3)CC2C4)O[C@H]1c1ccccc1. The Morgan fingerprint density at radius 3 is 2.37 bits per heavy atom. The lowest BCUT2D eigenvalue weighted by molar-refractivity contribution is -0.167. The van der Waals surface area contributed by atoms with Crippen LogP contribution in [0.3, 0.4) is 0 Å². The van der Waals surface area contributed by atoms with Crippen LogP contribution in [-0.4, -0.2) is 41.7 Å². The maximum absolute atomic E-state index is 11.8. The highest BCUT2D eigenvalue weighted by molar-refractivity contribution is 6.32. The van der Waals surface area contributed by atoms with Crippen molar-refractivity contribution < 1.29 is 14.6 Å². The van der Waals surface area contributed by atoms with Crippen molar-refractivity contribution in [2.24, 2.45) is 28.7 Å². The first kappa shape index (κ1) is 18.0. The minimum atomic E-state index is -0.892. The summed E-state index contributed by atoms with van der Waals surface area (Å²) >= 11 is 6.94. The summed E-state index contributed by atoms with van der Waals surface area (Å²) in [6.07, 6.45) is 5.54. The summed E-state index contributed by atoms with van der Waals surface area (Å²) in [7, 11) is 1.68. The van der Waals surface area contributed by atoms with Crippen molar-refractivity contribution in [2.45, 2.75) is 55.2 Å². The van der Waals surface area contributed by atoms with Crippen molar-refractivity contribution in [3.8, 4) is 0 Å². The Balaban J connectivity index is 1.41. The lowest BCUT2D eigenvalue weighted by atomic mass is 9.49.